The maximum atomic E-state index is 10.9. The standard InChI is InChI=1S/C18H19N5O2/c24-8-4-3-7-14-12-9-19-18-17(12)16(15(10-20-25)22-23-18)11-5-1-2-6-13(11)21-14/h1-2,5-6,9,14,21,24H,3-4,7-8,10H2,(H,19,23). The zero-order chi connectivity index (χ0) is 17.2. The molecule has 2 aromatic heterocycles. The number of para-hydroxylation sites is 1. The Kier molecular flexibility index (Phi) is 4.15. The van der Waals surface area contributed by atoms with Gasteiger partial charge in [0.2, 0.25) is 0 Å². The third-order valence-electron chi connectivity index (χ3n) is 4.72. The van der Waals surface area contributed by atoms with Crippen LogP contribution in [0.25, 0.3) is 22.2 Å². The van der Waals surface area contributed by atoms with Crippen molar-refractivity contribution in [2.75, 3.05) is 11.9 Å². The number of unbranched alkanes of at least 4 members (excludes halogenated alkanes) is 1. The number of hydrogen-bond donors (Lipinski definition) is 3. The Morgan fingerprint density at radius 3 is 2.92 bits per heavy atom. The molecule has 7 heteroatoms. The molecule has 1 aliphatic heterocycles. The van der Waals surface area contributed by atoms with Crippen molar-refractivity contribution in [2.45, 2.75) is 31.8 Å². The Morgan fingerprint density at radius 2 is 2.08 bits per heavy atom. The highest BCUT2D eigenvalue weighted by atomic mass is 16.3. The van der Waals surface area contributed by atoms with Crippen LogP contribution in [0.1, 0.15) is 36.6 Å². The molecule has 3 heterocycles. The Hall–Kier alpha value is -2.80. The number of aliphatic hydroxyl groups is 1. The summed E-state index contributed by atoms with van der Waals surface area (Å²) in [5.41, 5.74) is 5.36. The van der Waals surface area contributed by atoms with E-state index in [0.29, 0.717) is 11.3 Å². The second-order valence-corrected chi connectivity index (χ2v) is 6.24. The Morgan fingerprint density at radius 1 is 1.20 bits per heavy atom. The van der Waals surface area contributed by atoms with E-state index in [4.69, 9.17) is 5.11 Å². The van der Waals surface area contributed by atoms with Crippen LogP contribution in [0.15, 0.2) is 35.6 Å². The lowest BCUT2D eigenvalue weighted by Gasteiger charge is -2.18. The first-order valence-corrected chi connectivity index (χ1v) is 8.46. The van der Waals surface area contributed by atoms with E-state index in [2.05, 4.69) is 25.7 Å². The largest absolute Gasteiger partial charge is 0.396 e. The van der Waals surface area contributed by atoms with Crippen molar-refractivity contribution >= 4 is 16.7 Å². The van der Waals surface area contributed by atoms with Crippen LogP contribution in [-0.2, 0) is 6.54 Å². The number of rotatable bonds is 6. The van der Waals surface area contributed by atoms with Gasteiger partial charge in [-0.05, 0) is 25.3 Å². The highest BCUT2D eigenvalue weighted by molar-refractivity contribution is 6.01. The lowest BCUT2D eigenvalue weighted by Crippen LogP contribution is -2.10. The normalized spacial score (nSPS) is 15.5. The fraction of sp³-hybridized carbons (Fsp3) is 0.333. The van der Waals surface area contributed by atoms with Crippen molar-refractivity contribution in [3.63, 3.8) is 0 Å². The van der Waals surface area contributed by atoms with Crippen molar-refractivity contribution in [1.82, 2.24) is 15.2 Å². The molecule has 0 bridgehead atoms. The molecule has 0 amide bonds. The van der Waals surface area contributed by atoms with E-state index >= 15 is 0 Å². The quantitative estimate of drug-likeness (QED) is 0.472. The van der Waals surface area contributed by atoms with E-state index in [1.165, 1.54) is 0 Å². The number of aliphatic hydroxyl groups excluding tert-OH is 1. The number of nitroso groups, excluding NO2 is 1. The van der Waals surface area contributed by atoms with Gasteiger partial charge in [-0.15, -0.1) is 5.10 Å². The van der Waals surface area contributed by atoms with Crippen LogP contribution in [0.4, 0.5) is 5.69 Å². The lowest BCUT2D eigenvalue weighted by molar-refractivity contribution is 0.282. The third-order valence-corrected chi connectivity index (χ3v) is 4.72. The average Bonchev–Trinajstić information content (AvgIpc) is 3.00. The number of hydrogen-bond acceptors (Lipinski definition) is 6. The van der Waals surface area contributed by atoms with Gasteiger partial charge in [0, 0.05) is 40.6 Å². The summed E-state index contributed by atoms with van der Waals surface area (Å²) in [6.45, 7) is 0.190. The summed E-state index contributed by atoms with van der Waals surface area (Å²) >= 11 is 0. The minimum atomic E-state index is -0.00753. The summed E-state index contributed by atoms with van der Waals surface area (Å²) in [5, 5.41) is 25.2. The fourth-order valence-electron chi connectivity index (χ4n) is 3.59. The van der Waals surface area contributed by atoms with Crippen LogP contribution in [0.3, 0.4) is 0 Å². The van der Waals surface area contributed by atoms with E-state index in [9.17, 15) is 4.91 Å². The molecule has 1 aromatic carbocycles. The van der Waals surface area contributed by atoms with Gasteiger partial charge in [-0.2, -0.15) is 10.0 Å². The van der Waals surface area contributed by atoms with Crippen LogP contribution in [-0.4, -0.2) is 26.9 Å². The molecule has 1 unspecified atom stereocenters. The second kappa shape index (κ2) is 6.60. The molecule has 25 heavy (non-hydrogen) atoms. The molecule has 0 radical (unpaired) electrons. The van der Waals surface area contributed by atoms with Crippen LogP contribution in [0, 0.1) is 4.91 Å². The van der Waals surface area contributed by atoms with Gasteiger partial charge < -0.3 is 15.4 Å². The zero-order valence-corrected chi connectivity index (χ0v) is 13.7. The highest BCUT2D eigenvalue weighted by Crippen LogP contribution is 2.43. The smallest absolute Gasteiger partial charge is 0.160 e. The van der Waals surface area contributed by atoms with Gasteiger partial charge in [0.05, 0.1) is 11.7 Å². The number of benzene rings is 1. The number of nitrogens with zero attached hydrogens (tertiary/aromatic N) is 3. The third kappa shape index (κ3) is 2.66. The Labute approximate surface area is 144 Å². The number of anilines is 1. The predicted octanol–water partition coefficient (Wildman–Crippen LogP) is 3.52. The number of aromatic amines is 1. The SMILES string of the molecule is O=NCc1nnc2[nH]cc3c2c1-c1ccccc1NC3CCCCO. The summed E-state index contributed by atoms with van der Waals surface area (Å²) in [7, 11) is 0. The van der Waals surface area contributed by atoms with Crippen molar-refractivity contribution in [3.8, 4) is 11.1 Å². The van der Waals surface area contributed by atoms with Crippen LogP contribution >= 0.6 is 0 Å². The van der Waals surface area contributed by atoms with E-state index in [1.54, 1.807) is 0 Å². The second-order valence-electron chi connectivity index (χ2n) is 6.24. The lowest BCUT2D eigenvalue weighted by atomic mass is 9.97. The first-order valence-electron chi connectivity index (χ1n) is 8.46. The Balaban J connectivity index is 1.94. The molecule has 3 aromatic rings. The number of aromatic nitrogens is 3. The molecule has 0 aliphatic carbocycles. The van der Waals surface area contributed by atoms with Crippen molar-refractivity contribution < 1.29 is 5.11 Å². The molecule has 0 saturated carbocycles. The van der Waals surface area contributed by atoms with Gasteiger partial charge in [0.15, 0.2) is 5.65 Å². The first kappa shape index (κ1) is 15.7. The molecule has 4 rings (SSSR count). The molecule has 128 valence electrons. The molecule has 3 N–H and O–H groups in total. The fourth-order valence-corrected chi connectivity index (χ4v) is 3.59. The maximum absolute atomic E-state index is 10.9. The first-order chi connectivity index (χ1) is 12.3. The molecule has 1 atom stereocenters. The van der Waals surface area contributed by atoms with E-state index in [-0.39, 0.29) is 19.2 Å². The van der Waals surface area contributed by atoms with Crippen LogP contribution < -0.4 is 5.32 Å². The topological polar surface area (TPSA) is 103 Å². The highest BCUT2D eigenvalue weighted by Gasteiger charge is 2.27. The Bertz CT molecular complexity index is 921. The molecule has 0 saturated heterocycles. The minimum absolute atomic E-state index is 0.00753. The van der Waals surface area contributed by atoms with Crippen molar-refractivity contribution in [3.05, 3.63) is 46.6 Å². The summed E-state index contributed by atoms with van der Waals surface area (Å²) in [6.07, 6.45) is 4.54. The molecule has 7 nitrogen and oxygen atoms in total. The summed E-state index contributed by atoms with van der Waals surface area (Å²) < 4.78 is 0. The van der Waals surface area contributed by atoms with E-state index < -0.39 is 0 Å². The van der Waals surface area contributed by atoms with Gasteiger partial charge in [0.1, 0.15) is 6.54 Å². The monoisotopic (exact) mass is 337 g/mol. The van der Waals surface area contributed by atoms with Crippen molar-refractivity contribution in [2.24, 2.45) is 5.18 Å². The summed E-state index contributed by atoms with van der Waals surface area (Å²) in [5.74, 6) is 0. The molecule has 0 spiro atoms. The van der Waals surface area contributed by atoms with E-state index in [1.807, 2.05) is 30.5 Å². The molecule has 0 fully saturated rings. The predicted molar refractivity (Wildman–Crippen MR) is 96.1 cm³/mol. The average molecular weight is 337 g/mol. The van der Waals surface area contributed by atoms with Gasteiger partial charge >= 0.3 is 0 Å². The van der Waals surface area contributed by atoms with Crippen molar-refractivity contribution in [1.29, 1.82) is 0 Å². The molecular weight excluding hydrogens is 318 g/mol. The van der Waals surface area contributed by atoms with Gasteiger partial charge in [0.25, 0.3) is 0 Å². The summed E-state index contributed by atoms with van der Waals surface area (Å²) in [4.78, 5) is 14.1. The summed E-state index contributed by atoms with van der Waals surface area (Å²) in [6, 6.07) is 8.13. The number of fused-ring (bicyclic) bond motifs is 2. The molecule has 1 aliphatic rings. The van der Waals surface area contributed by atoms with Gasteiger partial charge in [-0.1, -0.05) is 23.4 Å². The number of nitrogens with one attached hydrogen (secondary N) is 2. The van der Waals surface area contributed by atoms with Crippen LogP contribution in [0.5, 0.6) is 0 Å². The molecular formula is C18H19N5O2. The van der Waals surface area contributed by atoms with E-state index in [0.717, 1.165) is 47.0 Å². The zero-order valence-electron chi connectivity index (χ0n) is 13.7. The van der Waals surface area contributed by atoms with Crippen LogP contribution in [0.2, 0.25) is 0 Å². The maximum Gasteiger partial charge on any atom is 0.160 e. The minimum Gasteiger partial charge on any atom is -0.396 e. The van der Waals surface area contributed by atoms with Gasteiger partial charge in [-0.25, -0.2) is 0 Å². The number of H-pyrrole nitrogens is 1. The van der Waals surface area contributed by atoms with Gasteiger partial charge in [-0.3, -0.25) is 0 Å².